The molecule has 82 valence electrons. The first-order chi connectivity index (χ1) is 7.15. The van der Waals surface area contributed by atoms with E-state index in [1.165, 1.54) is 7.11 Å². The summed E-state index contributed by atoms with van der Waals surface area (Å²) < 4.78 is 6.47. The quantitative estimate of drug-likeness (QED) is 0.858. The number of carbonyl (C=O) groups is 1. The zero-order valence-corrected chi connectivity index (χ0v) is 11.4. The van der Waals surface area contributed by atoms with Crippen LogP contribution in [0.3, 0.4) is 0 Å². The zero-order valence-electron chi connectivity index (χ0n) is 8.22. The van der Waals surface area contributed by atoms with Gasteiger partial charge in [-0.15, -0.1) is 0 Å². The van der Waals surface area contributed by atoms with Crippen molar-refractivity contribution in [3.05, 3.63) is 27.1 Å². The average molecular weight is 337 g/mol. The van der Waals surface area contributed by atoms with E-state index < -0.39 is 0 Å². The van der Waals surface area contributed by atoms with E-state index in [1.54, 1.807) is 0 Å². The van der Waals surface area contributed by atoms with Crippen LogP contribution in [-0.4, -0.2) is 19.6 Å². The monoisotopic (exact) mass is 335 g/mol. The lowest BCUT2D eigenvalue weighted by atomic mass is 10.3. The van der Waals surface area contributed by atoms with Crippen LogP contribution in [0.25, 0.3) is 0 Å². The van der Waals surface area contributed by atoms with Gasteiger partial charge in [0.05, 0.1) is 19.2 Å². The van der Waals surface area contributed by atoms with Crippen molar-refractivity contribution in [2.75, 3.05) is 19.0 Å². The summed E-state index contributed by atoms with van der Waals surface area (Å²) in [7, 11) is 1.39. The molecule has 15 heavy (non-hydrogen) atoms. The van der Waals surface area contributed by atoms with Crippen LogP contribution < -0.4 is 5.32 Å². The summed E-state index contributed by atoms with van der Waals surface area (Å²) in [5, 5.41) is 3.15. The molecule has 0 heterocycles. The van der Waals surface area contributed by atoms with E-state index in [0.29, 0.717) is 13.0 Å². The largest absolute Gasteiger partial charge is 0.469 e. The van der Waals surface area contributed by atoms with Gasteiger partial charge in [-0.1, -0.05) is 6.07 Å². The maximum Gasteiger partial charge on any atom is 0.307 e. The molecule has 0 bridgehead atoms. The van der Waals surface area contributed by atoms with Crippen molar-refractivity contribution in [3.8, 4) is 0 Å². The Kier molecular flexibility index (Phi) is 5.11. The van der Waals surface area contributed by atoms with E-state index in [-0.39, 0.29) is 5.97 Å². The molecule has 0 amide bonds. The Bertz CT molecular complexity index is 335. The number of nitrogens with one attached hydrogen (secondary N) is 1. The van der Waals surface area contributed by atoms with Crippen LogP contribution in [-0.2, 0) is 9.53 Å². The second-order valence-electron chi connectivity index (χ2n) is 2.85. The van der Waals surface area contributed by atoms with Gasteiger partial charge in [-0.05, 0) is 44.0 Å². The molecule has 0 fully saturated rings. The van der Waals surface area contributed by atoms with Gasteiger partial charge in [-0.25, -0.2) is 0 Å². The molecule has 0 atom stereocenters. The van der Waals surface area contributed by atoms with Crippen LogP contribution in [0.5, 0.6) is 0 Å². The highest BCUT2D eigenvalue weighted by Gasteiger charge is 2.05. The SMILES string of the molecule is COC(=O)CCNc1c(Br)cccc1Br. The molecule has 0 radical (unpaired) electrons. The summed E-state index contributed by atoms with van der Waals surface area (Å²) in [6, 6.07) is 5.80. The number of ether oxygens (including phenoxy) is 1. The van der Waals surface area contributed by atoms with Crippen molar-refractivity contribution < 1.29 is 9.53 Å². The number of esters is 1. The summed E-state index contributed by atoms with van der Waals surface area (Å²) in [6.45, 7) is 0.549. The maximum absolute atomic E-state index is 10.9. The number of benzene rings is 1. The fourth-order valence-electron chi connectivity index (χ4n) is 1.06. The number of hydrogen-bond donors (Lipinski definition) is 1. The number of methoxy groups -OCH3 is 1. The van der Waals surface area contributed by atoms with Crippen LogP contribution in [0.2, 0.25) is 0 Å². The Morgan fingerprint density at radius 3 is 2.53 bits per heavy atom. The van der Waals surface area contributed by atoms with Crippen molar-refractivity contribution >= 4 is 43.5 Å². The number of anilines is 1. The second-order valence-corrected chi connectivity index (χ2v) is 4.56. The highest BCUT2D eigenvalue weighted by molar-refractivity contribution is 9.11. The third kappa shape index (κ3) is 3.83. The molecule has 0 saturated carbocycles. The minimum atomic E-state index is -0.217. The Morgan fingerprint density at radius 2 is 2.00 bits per heavy atom. The molecule has 0 aromatic heterocycles. The van der Waals surface area contributed by atoms with Crippen molar-refractivity contribution in [3.63, 3.8) is 0 Å². The van der Waals surface area contributed by atoms with Gasteiger partial charge in [0.15, 0.2) is 0 Å². The lowest BCUT2D eigenvalue weighted by Crippen LogP contribution is -2.10. The van der Waals surface area contributed by atoms with Crippen LogP contribution in [0.4, 0.5) is 5.69 Å². The molecular weight excluding hydrogens is 326 g/mol. The number of para-hydroxylation sites is 1. The predicted octanol–water partition coefficient (Wildman–Crippen LogP) is 3.19. The zero-order chi connectivity index (χ0) is 11.3. The van der Waals surface area contributed by atoms with E-state index in [0.717, 1.165) is 14.6 Å². The molecule has 0 aliphatic rings. The van der Waals surface area contributed by atoms with E-state index in [4.69, 9.17) is 0 Å². The Hall–Kier alpha value is -0.550. The molecule has 1 N–H and O–H groups in total. The first kappa shape index (κ1) is 12.5. The lowest BCUT2D eigenvalue weighted by molar-refractivity contribution is -0.140. The summed E-state index contributed by atoms with van der Waals surface area (Å²) in [5.74, 6) is -0.217. The highest BCUT2D eigenvalue weighted by Crippen LogP contribution is 2.30. The molecule has 0 unspecified atom stereocenters. The molecule has 1 rings (SSSR count). The van der Waals surface area contributed by atoms with E-state index in [9.17, 15) is 4.79 Å². The second kappa shape index (κ2) is 6.12. The summed E-state index contributed by atoms with van der Waals surface area (Å²) in [6.07, 6.45) is 0.351. The standard InChI is InChI=1S/C10H11Br2NO2/c1-15-9(14)5-6-13-10-7(11)3-2-4-8(10)12/h2-4,13H,5-6H2,1H3. The van der Waals surface area contributed by atoms with Gasteiger partial charge in [0.2, 0.25) is 0 Å². The molecule has 1 aromatic carbocycles. The molecule has 0 aliphatic heterocycles. The molecular formula is C10H11Br2NO2. The minimum absolute atomic E-state index is 0.217. The summed E-state index contributed by atoms with van der Waals surface area (Å²) in [4.78, 5) is 10.9. The number of carbonyl (C=O) groups excluding carboxylic acids is 1. The van der Waals surface area contributed by atoms with Gasteiger partial charge in [0.25, 0.3) is 0 Å². The smallest absolute Gasteiger partial charge is 0.307 e. The first-order valence-electron chi connectivity index (χ1n) is 4.40. The van der Waals surface area contributed by atoms with Gasteiger partial charge in [-0.3, -0.25) is 4.79 Å². The molecule has 0 saturated heterocycles. The van der Waals surface area contributed by atoms with Crippen molar-refractivity contribution in [1.29, 1.82) is 0 Å². The van der Waals surface area contributed by atoms with Gasteiger partial charge >= 0.3 is 5.97 Å². The fraction of sp³-hybridized carbons (Fsp3) is 0.300. The number of hydrogen-bond acceptors (Lipinski definition) is 3. The summed E-state index contributed by atoms with van der Waals surface area (Å²) in [5.41, 5.74) is 0.946. The predicted molar refractivity (Wildman–Crippen MR) is 67.0 cm³/mol. The molecule has 0 spiro atoms. The van der Waals surface area contributed by atoms with Crippen LogP contribution in [0, 0.1) is 0 Å². The Morgan fingerprint density at radius 1 is 1.40 bits per heavy atom. The Labute approximate surface area is 105 Å². The van der Waals surface area contributed by atoms with E-state index in [1.807, 2.05) is 18.2 Å². The first-order valence-corrected chi connectivity index (χ1v) is 5.98. The lowest BCUT2D eigenvalue weighted by Gasteiger charge is -2.09. The Balaban J connectivity index is 2.54. The van der Waals surface area contributed by atoms with Crippen LogP contribution in [0.1, 0.15) is 6.42 Å². The minimum Gasteiger partial charge on any atom is -0.469 e. The van der Waals surface area contributed by atoms with E-state index >= 15 is 0 Å². The third-order valence-electron chi connectivity index (χ3n) is 1.82. The van der Waals surface area contributed by atoms with Crippen molar-refractivity contribution in [2.24, 2.45) is 0 Å². The highest BCUT2D eigenvalue weighted by atomic mass is 79.9. The van der Waals surface area contributed by atoms with Crippen molar-refractivity contribution in [2.45, 2.75) is 6.42 Å². The normalized spacial score (nSPS) is 9.80. The molecule has 1 aromatic rings. The molecule has 5 heteroatoms. The van der Waals surface area contributed by atoms with Gasteiger partial charge in [0.1, 0.15) is 0 Å². The van der Waals surface area contributed by atoms with Gasteiger partial charge < -0.3 is 10.1 Å². The van der Waals surface area contributed by atoms with Crippen LogP contribution in [0.15, 0.2) is 27.1 Å². The van der Waals surface area contributed by atoms with Gasteiger partial charge in [0, 0.05) is 15.5 Å². The average Bonchev–Trinajstić information content (AvgIpc) is 2.22. The third-order valence-corrected chi connectivity index (χ3v) is 3.14. The number of rotatable bonds is 4. The maximum atomic E-state index is 10.9. The van der Waals surface area contributed by atoms with Crippen LogP contribution >= 0.6 is 31.9 Å². The topological polar surface area (TPSA) is 38.3 Å². The van der Waals surface area contributed by atoms with E-state index in [2.05, 4.69) is 41.9 Å². The van der Waals surface area contributed by atoms with Crippen molar-refractivity contribution in [1.82, 2.24) is 0 Å². The fourth-order valence-corrected chi connectivity index (χ4v) is 2.34. The number of halogens is 2. The summed E-state index contributed by atoms with van der Waals surface area (Å²) >= 11 is 6.85. The van der Waals surface area contributed by atoms with Gasteiger partial charge in [-0.2, -0.15) is 0 Å². The molecule has 0 aliphatic carbocycles. The molecule has 3 nitrogen and oxygen atoms in total.